The van der Waals surface area contributed by atoms with Crippen LogP contribution in [0.3, 0.4) is 0 Å². The van der Waals surface area contributed by atoms with Crippen LogP contribution in [0.4, 0.5) is 0 Å². The average molecular weight is 277 g/mol. The van der Waals surface area contributed by atoms with Gasteiger partial charge in [0.05, 0.1) is 0 Å². The Morgan fingerprint density at radius 3 is 2.79 bits per heavy atom. The van der Waals surface area contributed by atoms with E-state index in [1.165, 1.54) is 9.35 Å². The lowest BCUT2D eigenvalue weighted by molar-refractivity contribution is 0.352. The maximum Gasteiger partial charge on any atom is 0.0327 e. The molecular weight excluding hydrogens is 260 g/mol. The van der Waals surface area contributed by atoms with E-state index in [2.05, 4.69) is 46.5 Å². The highest BCUT2D eigenvalue weighted by atomic mass is 79.9. The van der Waals surface area contributed by atoms with Gasteiger partial charge in [0.25, 0.3) is 0 Å². The number of hydrogen-bond donors (Lipinski definition) is 2. The van der Waals surface area contributed by atoms with Gasteiger partial charge in [-0.25, -0.2) is 0 Å². The predicted octanol–water partition coefficient (Wildman–Crippen LogP) is 2.59. The number of nitrogens with one attached hydrogen (secondary N) is 1. The highest BCUT2D eigenvalue weighted by molar-refractivity contribution is 9.10. The Hall–Kier alpha value is 0.100. The molecule has 0 aromatic carbocycles. The summed E-state index contributed by atoms with van der Waals surface area (Å²) >= 11 is 5.28. The van der Waals surface area contributed by atoms with Gasteiger partial charge in [-0.15, -0.1) is 11.3 Å². The van der Waals surface area contributed by atoms with Crippen LogP contribution in [0, 0.1) is 5.41 Å². The fourth-order valence-corrected chi connectivity index (χ4v) is 2.50. The molecule has 14 heavy (non-hydrogen) atoms. The van der Waals surface area contributed by atoms with Gasteiger partial charge >= 0.3 is 0 Å². The fraction of sp³-hybridized carbons (Fsp3) is 0.600. The highest BCUT2D eigenvalue weighted by Gasteiger charge is 2.14. The first kappa shape index (κ1) is 12.2. The molecule has 1 heterocycles. The molecule has 1 aromatic rings. The zero-order valence-electron chi connectivity index (χ0n) is 8.64. The topological polar surface area (TPSA) is 38.0 Å². The largest absolute Gasteiger partial charge is 0.330 e. The van der Waals surface area contributed by atoms with E-state index in [4.69, 9.17) is 5.73 Å². The molecule has 0 spiro atoms. The van der Waals surface area contributed by atoms with Crippen molar-refractivity contribution in [3.8, 4) is 0 Å². The third-order valence-corrected chi connectivity index (χ3v) is 4.06. The number of halogens is 1. The van der Waals surface area contributed by atoms with E-state index in [0.717, 1.165) is 13.1 Å². The molecule has 0 aliphatic carbocycles. The lowest BCUT2D eigenvalue weighted by Gasteiger charge is -2.22. The summed E-state index contributed by atoms with van der Waals surface area (Å²) in [6.45, 7) is 6.92. The van der Waals surface area contributed by atoms with Gasteiger partial charge in [0.2, 0.25) is 0 Å². The zero-order chi connectivity index (χ0) is 10.6. The molecule has 0 fully saturated rings. The molecule has 0 saturated carbocycles. The Morgan fingerprint density at radius 1 is 1.57 bits per heavy atom. The molecule has 2 nitrogen and oxygen atoms in total. The fourth-order valence-electron chi connectivity index (χ4n) is 1.04. The monoisotopic (exact) mass is 276 g/mol. The van der Waals surface area contributed by atoms with Crippen LogP contribution in [0.5, 0.6) is 0 Å². The van der Waals surface area contributed by atoms with Crippen LogP contribution in [0.15, 0.2) is 15.9 Å². The molecule has 0 aliphatic heterocycles. The first-order chi connectivity index (χ1) is 6.55. The van der Waals surface area contributed by atoms with Gasteiger partial charge in [-0.3, -0.25) is 0 Å². The normalized spacial score (nSPS) is 12.0. The van der Waals surface area contributed by atoms with E-state index in [0.29, 0.717) is 6.54 Å². The Labute approximate surface area is 98.0 Å². The van der Waals surface area contributed by atoms with Crippen molar-refractivity contribution in [3.63, 3.8) is 0 Å². The minimum Gasteiger partial charge on any atom is -0.330 e. The SMILES string of the molecule is CC(C)(CN)CNCc1sccc1Br. The Balaban J connectivity index is 2.32. The lowest BCUT2D eigenvalue weighted by Crippen LogP contribution is -2.35. The summed E-state index contributed by atoms with van der Waals surface area (Å²) in [5.41, 5.74) is 5.83. The van der Waals surface area contributed by atoms with Crippen molar-refractivity contribution in [1.29, 1.82) is 0 Å². The van der Waals surface area contributed by atoms with E-state index in [1.807, 2.05) is 0 Å². The van der Waals surface area contributed by atoms with Crippen LogP contribution in [0.2, 0.25) is 0 Å². The van der Waals surface area contributed by atoms with Gasteiger partial charge in [-0.2, -0.15) is 0 Å². The van der Waals surface area contributed by atoms with Crippen molar-refractivity contribution < 1.29 is 0 Å². The maximum absolute atomic E-state index is 5.65. The summed E-state index contributed by atoms with van der Waals surface area (Å²) in [6, 6.07) is 2.08. The summed E-state index contributed by atoms with van der Waals surface area (Å²) in [4.78, 5) is 1.35. The summed E-state index contributed by atoms with van der Waals surface area (Å²) in [5.74, 6) is 0. The molecule has 1 rings (SSSR count). The van der Waals surface area contributed by atoms with Crippen LogP contribution >= 0.6 is 27.3 Å². The van der Waals surface area contributed by atoms with Crippen LogP contribution < -0.4 is 11.1 Å². The van der Waals surface area contributed by atoms with E-state index in [1.54, 1.807) is 11.3 Å². The van der Waals surface area contributed by atoms with Crippen LogP contribution in [-0.4, -0.2) is 13.1 Å². The number of thiophene rings is 1. The Morgan fingerprint density at radius 2 is 2.29 bits per heavy atom. The molecule has 0 amide bonds. The molecular formula is C10H17BrN2S. The van der Waals surface area contributed by atoms with Crippen molar-refractivity contribution in [2.75, 3.05) is 13.1 Å². The molecule has 0 bridgehead atoms. The van der Waals surface area contributed by atoms with Crippen molar-refractivity contribution in [2.45, 2.75) is 20.4 Å². The van der Waals surface area contributed by atoms with Crippen LogP contribution in [0.1, 0.15) is 18.7 Å². The second-order valence-corrected chi connectivity index (χ2v) is 6.02. The number of hydrogen-bond acceptors (Lipinski definition) is 3. The van der Waals surface area contributed by atoms with E-state index in [9.17, 15) is 0 Å². The lowest BCUT2D eigenvalue weighted by atomic mass is 9.94. The predicted molar refractivity (Wildman–Crippen MR) is 66.6 cm³/mol. The smallest absolute Gasteiger partial charge is 0.0327 e. The van der Waals surface area contributed by atoms with Crippen molar-refractivity contribution in [2.24, 2.45) is 11.1 Å². The molecule has 0 unspecified atom stereocenters. The van der Waals surface area contributed by atoms with Gasteiger partial charge in [0.1, 0.15) is 0 Å². The molecule has 0 saturated heterocycles. The summed E-state index contributed by atoms with van der Waals surface area (Å²) in [6.07, 6.45) is 0. The van der Waals surface area contributed by atoms with Crippen molar-refractivity contribution in [1.82, 2.24) is 5.32 Å². The molecule has 4 heteroatoms. The Kier molecular flexibility index (Phi) is 4.57. The van der Waals surface area contributed by atoms with Gasteiger partial charge in [0, 0.05) is 22.4 Å². The van der Waals surface area contributed by atoms with Gasteiger partial charge < -0.3 is 11.1 Å². The first-order valence-corrected chi connectivity index (χ1v) is 6.35. The molecule has 80 valence electrons. The van der Waals surface area contributed by atoms with Crippen molar-refractivity contribution >= 4 is 27.3 Å². The second-order valence-electron chi connectivity index (χ2n) is 4.16. The Bertz CT molecular complexity index is 283. The summed E-state index contributed by atoms with van der Waals surface area (Å²) in [7, 11) is 0. The summed E-state index contributed by atoms with van der Waals surface area (Å²) < 4.78 is 1.19. The first-order valence-electron chi connectivity index (χ1n) is 4.68. The van der Waals surface area contributed by atoms with E-state index < -0.39 is 0 Å². The number of nitrogens with two attached hydrogens (primary N) is 1. The third-order valence-electron chi connectivity index (χ3n) is 2.13. The second kappa shape index (κ2) is 5.26. The minimum atomic E-state index is 0.184. The molecule has 0 atom stereocenters. The van der Waals surface area contributed by atoms with Crippen LogP contribution in [0.25, 0.3) is 0 Å². The van der Waals surface area contributed by atoms with E-state index >= 15 is 0 Å². The van der Waals surface area contributed by atoms with Gasteiger partial charge in [0.15, 0.2) is 0 Å². The van der Waals surface area contributed by atoms with Crippen LogP contribution in [-0.2, 0) is 6.54 Å². The molecule has 3 N–H and O–H groups in total. The summed E-state index contributed by atoms with van der Waals surface area (Å²) in [5, 5.41) is 5.51. The number of rotatable bonds is 5. The van der Waals surface area contributed by atoms with Gasteiger partial charge in [-0.05, 0) is 39.3 Å². The third kappa shape index (κ3) is 3.69. The molecule has 0 aliphatic rings. The standard InChI is InChI=1S/C10H17BrN2S/c1-10(2,6-12)7-13-5-9-8(11)3-4-14-9/h3-4,13H,5-7,12H2,1-2H3. The highest BCUT2D eigenvalue weighted by Crippen LogP contribution is 2.22. The maximum atomic E-state index is 5.65. The molecule has 0 radical (unpaired) electrons. The minimum absolute atomic E-state index is 0.184. The van der Waals surface area contributed by atoms with E-state index in [-0.39, 0.29) is 5.41 Å². The average Bonchev–Trinajstić information content (AvgIpc) is 2.52. The zero-order valence-corrected chi connectivity index (χ0v) is 11.0. The quantitative estimate of drug-likeness (QED) is 0.868. The van der Waals surface area contributed by atoms with Gasteiger partial charge in [-0.1, -0.05) is 13.8 Å². The van der Waals surface area contributed by atoms with Crippen molar-refractivity contribution in [3.05, 3.63) is 20.8 Å². The molecule has 1 aromatic heterocycles.